The fourth-order valence-corrected chi connectivity index (χ4v) is 4.33. The van der Waals surface area contributed by atoms with Crippen LogP contribution in [-0.2, 0) is 17.8 Å². The summed E-state index contributed by atoms with van der Waals surface area (Å²) in [7, 11) is 0. The fraction of sp³-hybridized carbons (Fsp3) is 0.111. The predicted octanol–water partition coefficient (Wildman–Crippen LogP) is 6.48. The first-order valence-electron chi connectivity index (χ1n) is 10.4. The number of carboxylic acids is 1. The van der Waals surface area contributed by atoms with E-state index in [4.69, 9.17) is 23.2 Å². The number of nitrogens with zero attached hydrogens (tertiary/aromatic N) is 1. The van der Waals surface area contributed by atoms with Gasteiger partial charge in [-0.25, -0.2) is 4.79 Å². The van der Waals surface area contributed by atoms with E-state index in [2.05, 4.69) is 0 Å². The summed E-state index contributed by atoms with van der Waals surface area (Å²) < 4.78 is 0. The summed E-state index contributed by atoms with van der Waals surface area (Å²) in [5.41, 5.74) is 1.86. The van der Waals surface area contributed by atoms with Gasteiger partial charge in [-0.15, -0.1) is 0 Å². The summed E-state index contributed by atoms with van der Waals surface area (Å²) in [6, 6.07) is 26.5. The van der Waals surface area contributed by atoms with E-state index in [-0.39, 0.29) is 23.6 Å². The number of hydrogen-bond acceptors (Lipinski definition) is 2. The third-order valence-electron chi connectivity index (χ3n) is 5.52. The Balaban J connectivity index is 1.75. The van der Waals surface area contributed by atoms with Crippen LogP contribution in [0.25, 0.3) is 10.8 Å². The van der Waals surface area contributed by atoms with Crippen LogP contribution in [0, 0.1) is 0 Å². The molecule has 1 unspecified atom stereocenters. The van der Waals surface area contributed by atoms with Gasteiger partial charge >= 0.3 is 5.97 Å². The molecule has 4 nitrogen and oxygen atoms in total. The molecule has 1 atom stereocenters. The maximum absolute atomic E-state index is 13.6. The number of carbonyl (C=O) groups is 2. The van der Waals surface area contributed by atoms with Crippen LogP contribution >= 0.6 is 23.2 Å². The lowest BCUT2D eigenvalue weighted by atomic mass is 10.0. The van der Waals surface area contributed by atoms with E-state index in [1.807, 2.05) is 72.8 Å². The molecule has 0 bridgehead atoms. The molecule has 0 spiro atoms. The van der Waals surface area contributed by atoms with E-state index in [0.29, 0.717) is 5.02 Å². The number of hydrogen-bond donors (Lipinski definition) is 1. The molecule has 4 aromatic rings. The summed E-state index contributed by atoms with van der Waals surface area (Å²) in [5.74, 6) is -1.55. The van der Waals surface area contributed by atoms with Crippen molar-refractivity contribution in [1.29, 1.82) is 0 Å². The second-order valence-corrected chi connectivity index (χ2v) is 8.63. The second kappa shape index (κ2) is 10.1. The smallest absolute Gasteiger partial charge is 0.326 e. The summed E-state index contributed by atoms with van der Waals surface area (Å²) in [6.45, 7) is 0.117. The van der Waals surface area contributed by atoms with Gasteiger partial charge in [0.05, 0.1) is 10.6 Å². The van der Waals surface area contributed by atoms with E-state index in [1.54, 1.807) is 6.07 Å². The highest BCUT2D eigenvalue weighted by molar-refractivity contribution is 6.36. The average molecular weight is 478 g/mol. The minimum absolute atomic E-state index is 0.117. The molecular weight excluding hydrogens is 457 g/mol. The van der Waals surface area contributed by atoms with Crippen molar-refractivity contribution in [1.82, 2.24) is 4.90 Å². The van der Waals surface area contributed by atoms with E-state index in [0.717, 1.165) is 21.9 Å². The van der Waals surface area contributed by atoms with Gasteiger partial charge in [-0.1, -0.05) is 89.9 Å². The van der Waals surface area contributed by atoms with E-state index in [9.17, 15) is 14.7 Å². The summed E-state index contributed by atoms with van der Waals surface area (Å²) in [4.78, 5) is 27.4. The van der Waals surface area contributed by atoms with Crippen LogP contribution in [0.3, 0.4) is 0 Å². The molecule has 0 radical (unpaired) electrons. The summed E-state index contributed by atoms with van der Waals surface area (Å²) in [6.07, 6.45) is 0.167. The maximum atomic E-state index is 13.6. The van der Waals surface area contributed by atoms with E-state index in [1.165, 1.54) is 17.0 Å². The van der Waals surface area contributed by atoms with Crippen LogP contribution in [0.1, 0.15) is 21.5 Å². The van der Waals surface area contributed by atoms with Crippen molar-refractivity contribution in [2.24, 2.45) is 0 Å². The molecule has 0 aliphatic carbocycles. The lowest BCUT2D eigenvalue weighted by molar-refractivity contribution is -0.142. The van der Waals surface area contributed by atoms with Crippen molar-refractivity contribution < 1.29 is 14.7 Å². The Hall–Kier alpha value is -3.34. The summed E-state index contributed by atoms with van der Waals surface area (Å²) >= 11 is 12.3. The van der Waals surface area contributed by atoms with Crippen LogP contribution in [-0.4, -0.2) is 27.9 Å². The van der Waals surface area contributed by atoms with E-state index >= 15 is 0 Å². The van der Waals surface area contributed by atoms with Crippen LogP contribution in [0.15, 0.2) is 91.0 Å². The molecule has 4 aromatic carbocycles. The molecule has 4 rings (SSSR count). The number of fused-ring (bicyclic) bond motifs is 1. The standard InChI is InChI=1S/C27H21Cl2NO3/c28-22-12-13-23(24(29)16-22)26(31)30(25(27(32)33)15-18-6-2-1-3-7-18)17-19-10-11-20-8-4-5-9-21(20)14-19/h1-14,16,25H,15,17H2,(H,32,33). The van der Waals surface area contributed by atoms with Gasteiger partial charge in [-0.2, -0.15) is 0 Å². The monoisotopic (exact) mass is 477 g/mol. The number of benzene rings is 4. The maximum Gasteiger partial charge on any atom is 0.326 e. The van der Waals surface area contributed by atoms with Crippen LogP contribution < -0.4 is 0 Å². The Bertz CT molecular complexity index is 1310. The van der Waals surface area contributed by atoms with Gasteiger partial charge in [0, 0.05) is 18.0 Å². The molecule has 0 saturated carbocycles. The SMILES string of the molecule is O=C(O)C(Cc1ccccc1)N(Cc1ccc2ccccc2c1)C(=O)c1ccc(Cl)cc1Cl. The van der Waals surface area contributed by atoms with Gasteiger partial charge in [0.25, 0.3) is 5.91 Å². The zero-order chi connectivity index (χ0) is 23.4. The Kier molecular flexibility index (Phi) is 6.97. The molecule has 0 heterocycles. The lowest BCUT2D eigenvalue weighted by Crippen LogP contribution is -2.46. The Morgan fingerprint density at radius 2 is 1.48 bits per heavy atom. The quantitative estimate of drug-likeness (QED) is 0.331. The Labute approximate surface area is 202 Å². The van der Waals surface area contributed by atoms with Gasteiger partial charge in [0.15, 0.2) is 0 Å². The number of amides is 1. The highest BCUT2D eigenvalue weighted by Crippen LogP contribution is 2.26. The van der Waals surface area contributed by atoms with Crippen LogP contribution in [0.4, 0.5) is 0 Å². The molecule has 0 aliphatic rings. The molecular formula is C27H21Cl2NO3. The first kappa shape index (κ1) is 22.8. The Morgan fingerprint density at radius 3 is 2.18 bits per heavy atom. The fourth-order valence-electron chi connectivity index (χ4n) is 3.84. The minimum Gasteiger partial charge on any atom is -0.480 e. The van der Waals surface area contributed by atoms with Crippen LogP contribution in [0.2, 0.25) is 10.0 Å². The van der Waals surface area contributed by atoms with Gasteiger partial charge in [0.2, 0.25) is 0 Å². The minimum atomic E-state index is -1.09. The number of carbonyl (C=O) groups excluding carboxylic acids is 1. The van der Waals surface area contributed by atoms with Gasteiger partial charge < -0.3 is 10.0 Å². The van der Waals surface area contributed by atoms with Crippen molar-refractivity contribution >= 4 is 45.9 Å². The molecule has 0 aliphatic heterocycles. The first-order valence-corrected chi connectivity index (χ1v) is 11.2. The molecule has 0 saturated heterocycles. The lowest BCUT2D eigenvalue weighted by Gasteiger charge is -2.30. The number of carboxylic acid groups (broad SMARTS) is 1. The highest BCUT2D eigenvalue weighted by atomic mass is 35.5. The predicted molar refractivity (Wildman–Crippen MR) is 132 cm³/mol. The van der Waals surface area contributed by atoms with Gasteiger partial charge in [-0.05, 0) is 46.2 Å². The first-order chi connectivity index (χ1) is 15.9. The van der Waals surface area contributed by atoms with Gasteiger partial charge in [-0.3, -0.25) is 4.79 Å². The van der Waals surface area contributed by atoms with Crippen molar-refractivity contribution in [3.63, 3.8) is 0 Å². The van der Waals surface area contributed by atoms with Crippen molar-refractivity contribution in [2.45, 2.75) is 19.0 Å². The molecule has 0 fully saturated rings. The Morgan fingerprint density at radius 1 is 0.788 bits per heavy atom. The molecule has 1 N–H and O–H groups in total. The normalized spacial score (nSPS) is 11.8. The number of halogens is 2. The molecule has 166 valence electrons. The third-order valence-corrected chi connectivity index (χ3v) is 6.07. The van der Waals surface area contributed by atoms with Crippen molar-refractivity contribution in [3.8, 4) is 0 Å². The highest BCUT2D eigenvalue weighted by Gasteiger charge is 2.31. The topological polar surface area (TPSA) is 57.6 Å². The van der Waals surface area contributed by atoms with Crippen molar-refractivity contribution in [3.05, 3.63) is 118 Å². The second-order valence-electron chi connectivity index (χ2n) is 7.78. The number of aliphatic carboxylic acids is 1. The largest absolute Gasteiger partial charge is 0.480 e. The molecule has 33 heavy (non-hydrogen) atoms. The van der Waals surface area contributed by atoms with Crippen LogP contribution in [0.5, 0.6) is 0 Å². The number of rotatable bonds is 7. The molecule has 6 heteroatoms. The van der Waals surface area contributed by atoms with Crippen molar-refractivity contribution in [2.75, 3.05) is 0 Å². The molecule has 1 amide bonds. The zero-order valence-electron chi connectivity index (χ0n) is 17.6. The third kappa shape index (κ3) is 5.36. The van der Waals surface area contributed by atoms with E-state index < -0.39 is 17.9 Å². The molecule has 0 aromatic heterocycles. The zero-order valence-corrected chi connectivity index (χ0v) is 19.1. The summed E-state index contributed by atoms with van der Waals surface area (Å²) in [5, 5.41) is 12.8. The van der Waals surface area contributed by atoms with Gasteiger partial charge in [0.1, 0.15) is 6.04 Å². The average Bonchev–Trinajstić information content (AvgIpc) is 2.81.